The highest BCUT2D eigenvalue weighted by Crippen LogP contribution is 2.26. The Morgan fingerprint density at radius 3 is 2.96 bits per heavy atom. The molecule has 0 unspecified atom stereocenters. The molecule has 0 aliphatic heterocycles. The fourth-order valence-electron chi connectivity index (χ4n) is 2.52. The van der Waals surface area contributed by atoms with Crippen LogP contribution in [0.3, 0.4) is 0 Å². The quantitative estimate of drug-likeness (QED) is 0.585. The molecule has 0 aromatic carbocycles. The number of hydrogen-bond donors (Lipinski definition) is 1. The van der Waals surface area contributed by atoms with Crippen molar-refractivity contribution in [2.24, 2.45) is 0 Å². The Bertz CT molecular complexity index is 1020. The van der Waals surface area contributed by atoms with E-state index in [-0.39, 0.29) is 12.3 Å². The fraction of sp³-hybridized carbons (Fsp3) is 0.111. The Kier molecular flexibility index (Phi) is 4.32. The van der Waals surface area contributed by atoms with E-state index in [4.69, 9.17) is 4.42 Å². The number of carbonyl (C=O) groups is 1. The van der Waals surface area contributed by atoms with Gasteiger partial charge in [-0.15, -0.1) is 11.3 Å². The van der Waals surface area contributed by atoms with Crippen molar-refractivity contribution >= 4 is 22.9 Å². The number of rotatable bonds is 5. The predicted octanol–water partition coefficient (Wildman–Crippen LogP) is 3.47. The van der Waals surface area contributed by atoms with E-state index in [0.29, 0.717) is 28.9 Å². The molecule has 4 heterocycles. The Morgan fingerprint density at radius 1 is 1.27 bits per heavy atom. The van der Waals surface area contributed by atoms with Gasteiger partial charge in [0, 0.05) is 18.6 Å². The highest BCUT2D eigenvalue weighted by Gasteiger charge is 2.16. The number of hydrogen-bond acceptors (Lipinski definition) is 6. The lowest BCUT2D eigenvalue weighted by Gasteiger charge is -2.09. The molecule has 0 aliphatic rings. The average Bonchev–Trinajstić information content (AvgIpc) is 3.37. The van der Waals surface area contributed by atoms with Gasteiger partial charge < -0.3 is 9.73 Å². The minimum Gasteiger partial charge on any atom is -0.440 e. The first-order valence-electron chi connectivity index (χ1n) is 7.96. The molecule has 0 aliphatic carbocycles. The monoisotopic (exact) mass is 365 g/mol. The molecule has 130 valence electrons. The third kappa shape index (κ3) is 3.27. The summed E-state index contributed by atoms with van der Waals surface area (Å²) < 4.78 is 7.29. The zero-order chi connectivity index (χ0) is 17.9. The molecule has 0 saturated heterocycles. The summed E-state index contributed by atoms with van der Waals surface area (Å²) in [6.07, 6.45) is 5.20. The first kappa shape index (κ1) is 16.2. The summed E-state index contributed by atoms with van der Waals surface area (Å²) in [5, 5.41) is 9.00. The lowest BCUT2D eigenvalue weighted by molar-refractivity contribution is -0.115. The second-order valence-corrected chi connectivity index (χ2v) is 6.50. The number of thiophene rings is 1. The molecule has 1 amide bonds. The minimum absolute atomic E-state index is 0.119. The number of anilines is 1. The van der Waals surface area contributed by atoms with E-state index in [1.807, 2.05) is 24.4 Å². The van der Waals surface area contributed by atoms with E-state index >= 15 is 0 Å². The van der Waals surface area contributed by atoms with Crippen LogP contribution in [0.25, 0.3) is 16.6 Å². The van der Waals surface area contributed by atoms with Gasteiger partial charge in [0.2, 0.25) is 11.8 Å². The van der Waals surface area contributed by atoms with E-state index in [1.54, 1.807) is 52.8 Å². The number of oxazole rings is 1. The number of carbonyl (C=O) groups excluding carboxylic acids is 1. The molecule has 4 aromatic heterocycles. The number of nitrogens with one attached hydrogen (secondary N) is 1. The van der Waals surface area contributed by atoms with Gasteiger partial charge in [-0.3, -0.25) is 4.79 Å². The highest BCUT2D eigenvalue weighted by molar-refractivity contribution is 7.13. The number of pyridine rings is 1. The second kappa shape index (κ2) is 6.93. The van der Waals surface area contributed by atoms with Crippen LogP contribution in [0.4, 0.5) is 5.69 Å². The SMILES string of the molecule is Cc1oc(-c2cccs2)nc1CC(=O)Nc1cccnc1-n1cccn1. The summed E-state index contributed by atoms with van der Waals surface area (Å²) in [4.78, 5) is 22.2. The van der Waals surface area contributed by atoms with Gasteiger partial charge in [-0.2, -0.15) is 5.10 Å². The number of aromatic nitrogens is 4. The third-order valence-electron chi connectivity index (χ3n) is 3.73. The Labute approximate surface area is 153 Å². The molecule has 0 atom stereocenters. The van der Waals surface area contributed by atoms with Crippen molar-refractivity contribution in [3.8, 4) is 16.6 Å². The molecule has 4 aromatic rings. The van der Waals surface area contributed by atoms with E-state index < -0.39 is 0 Å². The summed E-state index contributed by atoms with van der Waals surface area (Å²) >= 11 is 1.55. The van der Waals surface area contributed by atoms with Crippen molar-refractivity contribution in [2.45, 2.75) is 13.3 Å². The van der Waals surface area contributed by atoms with Gasteiger partial charge in [0.15, 0.2) is 5.82 Å². The first-order valence-corrected chi connectivity index (χ1v) is 8.84. The highest BCUT2D eigenvalue weighted by atomic mass is 32.1. The molecule has 1 N–H and O–H groups in total. The van der Waals surface area contributed by atoms with Crippen molar-refractivity contribution < 1.29 is 9.21 Å². The van der Waals surface area contributed by atoms with Gasteiger partial charge in [0.05, 0.1) is 22.7 Å². The smallest absolute Gasteiger partial charge is 0.236 e. The molecule has 0 saturated carbocycles. The maximum absolute atomic E-state index is 12.5. The molecule has 4 rings (SSSR count). The van der Waals surface area contributed by atoms with E-state index in [2.05, 4.69) is 20.4 Å². The van der Waals surface area contributed by atoms with E-state index in [0.717, 1.165) is 4.88 Å². The zero-order valence-electron chi connectivity index (χ0n) is 13.9. The summed E-state index contributed by atoms with van der Waals surface area (Å²) in [6.45, 7) is 1.81. The van der Waals surface area contributed by atoms with Crippen molar-refractivity contribution in [1.82, 2.24) is 19.7 Å². The van der Waals surface area contributed by atoms with Crippen LogP contribution in [-0.2, 0) is 11.2 Å². The second-order valence-electron chi connectivity index (χ2n) is 5.55. The summed E-state index contributed by atoms with van der Waals surface area (Å²) in [7, 11) is 0. The fourth-order valence-corrected chi connectivity index (χ4v) is 3.16. The molecule has 0 radical (unpaired) electrons. The first-order chi connectivity index (χ1) is 12.7. The van der Waals surface area contributed by atoms with Crippen molar-refractivity contribution in [3.63, 3.8) is 0 Å². The standard InChI is InChI=1S/C18H15N5O2S/c1-12-14(22-18(25-12)15-6-3-10-26-15)11-16(24)21-13-5-2-7-19-17(13)23-9-4-8-20-23/h2-10H,11H2,1H3,(H,21,24). The van der Waals surface area contributed by atoms with Crippen molar-refractivity contribution in [2.75, 3.05) is 5.32 Å². The Hall–Kier alpha value is -3.26. The largest absolute Gasteiger partial charge is 0.440 e. The minimum atomic E-state index is -0.194. The van der Waals surface area contributed by atoms with Crippen LogP contribution in [0, 0.1) is 6.92 Å². The molecular formula is C18H15N5O2S. The number of amides is 1. The molecule has 7 nitrogen and oxygen atoms in total. The van der Waals surface area contributed by atoms with Crippen LogP contribution >= 0.6 is 11.3 Å². The third-order valence-corrected chi connectivity index (χ3v) is 4.59. The van der Waals surface area contributed by atoms with Gasteiger partial charge in [-0.05, 0) is 36.6 Å². The lowest BCUT2D eigenvalue weighted by atomic mass is 10.2. The predicted molar refractivity (Wildman–Crippen MR) is 98.2 cm³/mol. The van der Waals surface area contributed by atoms with Crippen LogP contribution < -0.4 is 5.32 Å². The van der Waals surface area contributed by atoms with Gasteiger partial charge in [0.1, 0.15) is 5.76 Å². The summed E-state index contributed by atoms with van der Waals surface area (Å²) in [5.41, 5.74) is 1.20. The molecule has 0 bridgehead atoms. The maximum atomic E-state index is 12.5. The van der Waals surface area contributed by atoms with Gasteiger partial charge >= 0.3 is 0 Å². The topological polar surface area (TPSA) is 85.8 Å². The van der Waals surface area contributed by atoms with Crippen LogP contribution in [0.5, 0.6) is 0 Å². The van der Waals surface area contributed by atoms with Crippen LogP contribution in [-0.4, -0.2) is 25.7 Å². The van der Waals surface area contributed by atoms with Crippen LogP contribution in [0.1, 0.15) is 11.5 Å². The normalized spacial score (nSPS) is 10.8. The van der Waals surface area contributed by atoms with Gasteiger partial charge in [0.25, 0.3) is 0 Å². The maximum Gasteiger partial charge on any atom is 0.236 e. The van der Waals surface area contributed by atoms with E-state index in [1.165, 1.54) is 0 Å². The molecule has 8 heteroatoms. The Balaban J connectivity index is 1.52. The van der Waals surface area contributed by atoms with Crippen LogP contribution in [0.2, 0.25) is 0 Å². The zero-order valence-corrected chi connectivity index (χ0v) is 14.7. The average molecular weight is 365 g/mol. The van der Waals surface area contributed by atoms with Gasteiger partial charge in [-0.1, -0.05) is 6.07 Å². The van der Waals surface area contributed by atoms with Crippen molar-refractivity contribution in [1.29, 1.82) is 0 Å². The molecule has 26 heavy (non-hydrogen) atoms. The van der Waals surface area contributed by atoms with Gasteiger partial charge in [-0.25, -0.2) is 14.6 Å². The summed E-state index contributed by atoms with van der Waals surface area (Å²) in [6, 6.07) is 9.22. The van der Waals surface area contributed by atoms with Crippen LogP contribution in [0.15, 0.2) is 58.7 Å². The number of nitrogens with zero attached hydrogens (tertiary/aromatic N) is 4. The molecular weight excluding hydrogens is 350 g/mol. The van der Waals surface area contributed by atoms with E-state index in [9.17, 15) is 4.79 Å². The molecule has 0 spiro atoms. The summed E-state index contributed by atoms with van der Waals surface area (Å²) in [5.74, 6) is 1.54. The lowest BCUT2D eigenvalue weighted by Crippen LogP contribution is -2.17. The Morgan fingerprint density at radius 2 is 2.19 bits per heavy atom. The molecule has 0 fully saturated rings. The van der Waals surface area contributed by atoms with Crippen molar-refractivity contribution in [3.05, 3.63) is 65.8 Å². The number of aryl methyl sites for hydroxylation is 1.